The SMILES string of the molecule is Cc1cc(C)c(C#CCO[PH](=O)C[C@@H](O)CC(=O)O)c(OCc2ccc(F)cc2)c1. The summed E-state index contributed by atoms with van der Waals surface area (Å²) in [6.45, 7) is 3.96. The monoisotopic (exact) mass is 434 g/mol. The zero-order valence-electron chi connectivity index (χ0n) is 16.8. The smallest absolute Gasteiger partial charge is 0.305 e. The Hall–Kier alpha value is -2.65. The molecule has 0 aromatic heterocycles. The number of aliphatic hydroxyl groups is 1. The van der Waals surface area contributed by atoms with Gasteiger partial charge >= 0.3 is 5.97 Å². The van der Waals surface area contributed by atoms with Crippen molar-refractivity contribution in [3.8, 4) is 17.6 Å². The van der Waals surface area contributed by atoms with Gasteiger partial charge in [0, 0.05) is 6.16 Å². The normalized spacial score (nSPS) is 12.5. The summed E-state index contributed by atoms with van der Waals surface area (Å²) in [6, 6.07) is 9.84. The predicted octanol–water partition coefficient (Wildman–Crippen LogP) is 3.70. The summed E-state index contributed by atoms with van der Waals surface area (Å²) in [5, 5.41) is 18.1. The fourth-order valence-corrected chi connectivity index (χ4v) is 3.59. The second-order valence-corrected chi connectivity index (χ2v) is 8.23. The van der Waals surface area contributed by atoms with Crippen LogP contribution in [0.4, 0.5) is 4.39 Å². The number of aliphatic hydroxyl groups excluding tert-OH is 1. The average Bonchev–Trinajstić information content (AvgIpc) is 2.65. The fraction of sp³-hybridized carbons (Fsp3) is 0.318. The first-order chi connectivity index (χ1) is 14.2. The fourth-order valence-electron chi connectivity index (χ4n) is 2.71. The van der Waals surface area contributed by atoms with Crippen molar-refractivity contribution in [3.63, 3.8) is 0 Å². The maximum atomic E-state index is 13.0. The number of halogens is 1. The van der Waals surface area contributed by atoms with Gasteiger partial charge in [0.2, 0.25) is 0 Å². The van der Waals surface area contributed by atoms with E-state index >= 15 is 0 Å². The molecule has 0 aliphatic carbocycles. The topological polar surface area (TPSA) is 93.1 Å². The Labute approximate surface area is 175 Å². The van der Waals surface area contributed by atoms with E-state index < -0.39 is 26.5 Å². The highest BCUT2D eigenvalue weighted by Gasteiger charge is 2.13. The Morgan fingerprint density at radius 3 is 2.60 bits per heavy atom. The predicted molar refractivity (Wildman–Crippen MR) is 112 cm³/mol. The Bertz CT molecular complexity index is 962. The van der Waals surface area contributed by atoms with Crippen LogP contribution in [0.1, 0.15) is 28.7 Å². The number of aryl methyl sites for hydroxylation is 2. The summed E-state index contributed by atoms with van der Waals surface area (Å²) in [5.74, 6) is 4.83. The summed E-state index contributed by atoms with van der Waals surface area (Å²) in [7, 11) is -2.59. The maximum Gasteiger partial charge on any atom is 0.305 e. The number of hydrogen-bond acceptors (Lipinski definition) is 5. The van der Waals surface area contributed by atoms with Crippen LogP contribution in [0.15, 0.2) is 36.4 Å². The third-order valence-electron chi connectivity index (χ3n) is 4.08. The second-order valence-electron chi connectivity index (χ2n) is 6.79. The van der Waals surface area contributed by atoms with Crippen LogP contribution in [0.25, 0.3) is 0 Å². The molecule has 2 rings (SSSR count). The molecule has 6 nitrogen and oxygen atoms in total. The van der Waals surface area contributed by atoms with E-state index in [1.807, 2.05) is 26.0 Å². The van der Waals surface area contributed by atoms with E-state index in [0.29, 0.717) is 11.3 Å². The summed E-state index contributed by atoms with van der Waals surface area (Å²) in [5.41, 5.74) is 3.38. The van der Waals surface area contributed by atoms with Crippen LogP contribution in [0, 0.1) is 31.5 Å². The number of rotatable bonds is 9. The summed E-state index contributed by atoms with van der Waals surface area (Å²) < 4.78 is 35.8. The highest BCUT2D eigenvalue weighted by molar-refractivity contribution is 7.39. The molecule has 0 amide bonds. The largest absolute Gasteiger partial charge is 0.488 e. The van der Waals surface area contributed by atoms with Crippen molar-refractivity contribution in [2.75, 3.05) is 12.8 Å². The van der Waals surface area contributed by atoms with Crippen molar-refractivity contribution in [3.05, 3.63) is 64.5 Å². The highest BCUT2D eigenvalue weighted by atomic mass is 31.1. The molecule has 0 saturated heterocycles. The number of hydrogen-bond donors (Lipinski definition) is 2. The zero-order chi connectivity index (χ0) is 22.1. The third kappa shape index (κ3) is 8.00. The lowest BCUT2D eigenvalue weighted by Gasteiger charge is -2.12. The van der Waals surface area contributed by atoms with E-state index in [4.69, 9.17) is 14.4 Å². The van der Waals surface area contributed by atoms with Crippen molar-refractivity contribution in [2.45, 2.75) is 33.0 Å². The van der Waals surface area contributed by atoms with Gasteiger partial charge in [0.1, 0.15) is 24.8 Å². The first-order valence-corrected chi connectivity index (χ1v) is 10.8. The Kier molecular flexibility index (Phi) is 9.07. The molecular weight excluding hydrogens is 410 g/mol. The van der Waals surface area contributed by atoms with Gasteiger partial charge in [-0.15, -0.1) is 0 Å². The van der Waals surface area contributed by atoms with Crippen molar-refractivity contribution in [1.29, 1.82) is 0 Å². The number of benzene rings is 2. The van der Waals surface area contributed by atoms with E-state index in [1.165, 1.54) is 12.1 Å². The molecule has 30 heavy (non-hydrogen) atoms. The van der Waals surface area contributed by atoms with E-state index in [9.17, 15) is 18.9 Å². The first kappa shape index (κ1) is 23.6. The van der Waals surface area contributed by atoms with Gasteiger partial charge in [-0.25, -0.2) is 4.39 Å². The lowest BCUT2D eigenvalue weighted by Crippen LogP contribution is -2.15. The second kappa shape index (κ2) is 11.5. The number of carboxylic acid groups (broad SMARTS) is 1. The average molecular weight is 434 g/mol. The lowest BCUT2D eigenvalue weighted by molar-refractivity contribution is -0.138. The number of aliphatic carboxylic acids is 1. The molecule has 0 bridgehead atoms. The quantitative estimate of drug-likeness (QED) is 0.462. The minimum Gasteiger partial charge on any atom is -0.488 e. The lowest BCUT2D eigenvalue weighted by atomic mass is 10.0. The van der Waals surface area contributed by atoms with Crippen molar-refractivity contribution in [1.82, 2.24) is 0 Å². The van der Waals surface area contributed by atoms with Gasteiger partial charge < -0.3 is 19.5 Å². The van der Waals surface area contributed by atoms with Gasteiger partial charge in [-0.3, -0.25) is 9.36 Å². The van der Waals surface area contributed by atoms with E-state index in [1.54, 1.807) is 12.1 Å². The van der Waals surface area contributed by atoms with Gasteiger partial charge in [-0.1, -0.05) is 30.0 Å². The van der Waals surface area contributed by atoms with Crippen LogP contribution in [-0.2, 0) is 20.5 Å². The zero-order valence-corrected chi connectivity index (χ0v) is 17.8. The molecule has 160 valence electrons. The van der Waals surface area contributed by atoms with E-state index in [2.05, 4.69) is 11.8 Å². The van der Waals surface area contributed by atoms with Crippen LogP contribution in [0.5, 0.6) is 5.75 Å². The number of carbonyl (C=O) groups is 1. The van der Waals surface area contributed by atoms with Crippen molar-refractivity contribution in [2.24, 2.45) is 0 Å². The van der Waals surface area contributed by atoms with Crippen molar-refractivity contribution < 1.29 is 33.2 Å². The molecule has 0 saturated carbocycles. The Morgan fingerprint density at radius 2 is 1.93 bits per heavy atom. The summed E-state index contributed by atoms with van der Waals surface area (Å²) >= 11 is 0. The Balaban J connectivity index is 2.00. The minimum atomic E-state index is -2.59. The third-order valence-corrected chi connectivity index (χ3v) is 5.35. The minimum absolute atomic E-state index is 0.123. The molecule has 0 fully saturated rings. The molecule has 2 atom stereocenters. The molecule has 1 unspecified atom stereocenters. The van der Waals surface area contributed by atoms with Crippen molar-refractivity contribution >= 4 is 14.0 Å². The van der Waals surface area contributed by atoms with Crippen LogP contribution < -0.4 is 4.74 Å². The molecule has 8 heteroatoms. The van der Waals surface area contributed by atoms with Crippen LogP contribution in [0.2, 0.25) is 0 Å². The molecule has 0 spiro atoms. The van der Waals surface area contributed by atoms with Gasteiger partial charge in [0.05, 0.1) is 18.1 Å². The van der Waals surface area contributed by atoms with E-state index in [0.717, 1.165) is 16.7 Å². The van der Waals surface area contributed by atoms with Crippen LogP contribution >= 0.6 is 8.03 Å². The molecule has 0 aliphatic heterocycles. The molecule has 0 heterocycles. The van der Waals surface area contributed by atoms with Crippen LogP contribution in [0.3, 0.4) is 0 Å². The molecule has 0 radical (unpaired) electrons. The standard InChI is InChI=1S/C22H24FO6P/c1-15-10-16(2)20(4-3-9-29-30(27)14-19(24)12-22(25)26)21(11-15)28-13-17-5-7-18(23)8-6-17/h5-8,10-11,19,24,30H,9,12-14H2,1-2H3,(H,25,26)/t19-/m0/s1. The van der Waals surface area contributed by atoms with Gasteiger partial charge in [-0.05, 0) is 48.7 Å². The molecule has 0 aliphatic rings. The highest BCUT2D eigenvalue weighted by Crippen LogP contribution is 2.26. The van der Waals surface area contributed by atoms with Gasteiger partial charge in [0.25, 0.3) is 0 Å². The summed E-state index contributed by atoms with van der Waals surface area (Å²) in [6.07, 6.45) is -1.93. The maximum absolute atomic E-state index is 13.0. The molecular formula is C22H24FO6P. The molecule has 2 aromatic carbocycles. The number of carboxylic acids is 1. The number of ether oxygens (including phenoxy) is 1. The first-order valence-electron chi connectivity index (χ1n) is 9.27. The molecule has 2 N–H and O–H groups in total. The molecule has 2 aromatic rings. The summed E-state index contributed by atoms with van der Waals surface area (Å²) in [4.78, 5) is 10.5. The van der Waals surface area contributed by atoms with E-state index in [-0.39, 0.29) is 25.2 Å². The van der Waals surface area contributed by atoms with Gasteiger partial charge in [0.15, 0.2) is 8.03 Å². The van der Waals surface area contributed by atoms with Gasteiger partial charge in [-0.2, -0.15) is 0 Å². The Morgan fingerprint density at radius 1 is 1.23 bits per heavy atom. The van der Waals surface area contributed by atoms with Crippen LogP contribution in [-0.4, -0.2) is 35.1 Å².